The number of hydrogen-bond donors (Lipinski definition) is 1. The van der Waals surface area contributed by atoms with Crippen LogP contribution in [0.2, 0.25) is 0 Å². The van der Waals surface area contributed by atoms with Crippen LogP contribution in [0, 0.1) is 24.1 Å². The third-order valence-corrected chi connectivity index (χ3v) is 4.40. The lowest BCUT2D eigenvalue weighted by atomic mass is 9.91. The minimum atomic E-state index is -1.08. The molecule has 1 unspecified atom stereocenters. The molecule has 0 spiro atoms. The molecule has 8 heteroatoms. The first-order chi connectivity index (χ1) is 13.9. The maximum absolute atomic E-state index is 14.5. The molecule has 0 radical (unpaired) electrons. The van der Waals surface area contributed by atoms with Crippen molar-refractivity contribution in [3.05, 3.63) is 65.1 Å². The Hall–Kier alpha value is -3.73. The average molecular weight is 395 g/mol. The number of hydrogen-bond acceptors (Lipinski definition) is 6. The van der Waals surface area contributed by atoms with Gasteiger partial charge in [-0.05, 0) is 47.0 Å². The Labute approximate surface area is 166 Å². The summed E-state index contributed by atoms with van der Waals surface area (Å²) in [4.78, 5) is 11.4. The largest absolute Gasteiger partial charge is 0.496 e. The molecule has 0 aliphatic heterocycles. The first kappa shape index (κ1) is 20.0. The van der Waals surface area contributed by atoms with Crippen LogP contribution in [0.5, 0.6) is 5.75 Å². The van der Waals surface area contributed by atoms with Crippen molar-refractivity contribution in [2.24, 2.45) is 0 Å². The maximum atomic E-state index is 14.5. The first-order valence-electron chi connectivity index (χ1n) is 8.77. The summed E-state index contributed by atoms with van der Waals surface area (Å²) in [5.41, 5.74) is 2.22. The molecule has 0 amide bonds. The number of halogens is 1. The number of aromatic nitrogens is 2. The summed E-state index contributed by atoms with van der Waals surface area (Å²) >= 11 is 0. The number of benzene rings is 2. The summed E-state index contributed by atoms with van der Waals surface area (Å²) in [6.45, 7) is 1.59. The molecule has 0 fully saturated rings. The van der Waals surface area contributed by atoms with Gasteiger partial charge in [-0.25, -0.2) is 4.39 Å². The highest BCUT2D eigenvalue weighted by Crippen LogP contribution is 2.35. The van der Waals surface area contributed by atoms with Gasteiger partial charge in [0.05, 0.1) is 31.9 Å². The number of nitriles is 1. The fourth-order valence-corrected chi connectivity index (χ4v) is 3.13. The van der Waals surface area contributed by atoms with Crippen LogP contribution in [-0.2, 0) is 11.2 Å². The van der Waals surface area contributed by atoms with Crippen molar-refractivity contribution in [2.45, 2.75) is 25.7 Å². The number of carbonyl (C=O) groups is 1. The van der Waals surface area contributed by atoms with E-state index < -0.39 is 17.7 Å². The minimum Gasteiger partial charge on any atom is -0.496 e. The fourth-order valence-electron chi connectivity index (χ4n) is 3.13. The molecule has 3 aromatic rings. The predicted molar refractivity (Wildman–Crippen MR) is 101 cm³/mol. The van der Waals surface area contributed by atoms with E-state index in [4.69, 9.17) is 14.4 Å². The van der Waals surface area contributed by atoms with Crippen molar-refractivity contribution in [3.63, 3.8) is 0 Å². The Morgan fingerprint density at radius 2 is 2.10 bits per heavy atom. The second-order valence-electron chi connectivity index (χ2n) is 6.45. The van der Waals surface area contributed by atoms with Crippen molar-refractivity contribution in [2.75, 3.05) is 7.11 Å². The molecule has 7 nitrogen and oxygen atoms in total. The minimum absolute atomic E-state index is 0.103. The summed E-state index contributed by atoms with van der Waals surface area (Å²) in [5.74, 6) is -1.53. The van der Waals surface area contributed by atoms with Crippen molar-refractivity contribution in [3.8, 4) is 22.9 Å². The molecule has 0 saturated carbocycles. The van der Waals surface area contributed by atoms with E-state index in [-0.39, 0.29) is 24.6 Å². The van der Waals surface area contributed by atoms with E-state index in [1.165, 1.54) is 19.2 Å². The van der Waals surface area contributed by atoms with Crippen molar-refractivity contribution in [1.29, 1.82) is 5.26 Å². The topological polar surface area (TPSA) is 109 Å². The van der Waals surface area contributed by atoms with Crippen LogP contribution in [-0.4, -0.2) is 28.4 Å². The van der Waals surface area contributed by atoms with Crippen LogP contribution in [0.4, 0.5) is 4.39 Å². The molecule has 148 valence electrons. The summed E-state index contributed by atoms with van der Waals surface area (Å²) in [5, 5.41) is 25.9. The Morgan fingerprint density at radius 3 is 2.72 bits per heavy atom. The third-order valence-electron chi connectivity index (χ3n) is 4.40. The number of aryl methyl sites for hydroxylation is 1. The normalized spacial score (nSPS) is 11.7. The summed E-state index contributed by atoms with van der Waals surface area (Å²) < 4.78 is 25.3. The number of aliphatic carboxylic acids is 1. The lowest BCUT2D eigenvalue weighted by Crippen LogP contribution is -2.09. The zero-order valence-corrected chi connectivity index (χ0v) is 15.8. The lowest BCUT2D eigenvalue weighted by molar-refractivity contribution is -0.137. The SMILES string of the molecule is COc1ccc(CC#N)cc1-c1cc(F)cc(C(CC(=O)O)c2nnc(C)o2)c1. The van der Waals surface area contributed by atoms with Crippen LogP contribution < -0.4 is 4.74 Å². The van der Waals surface area contributed by atoms with Crippen LogP contribution in [0.25, 0.3) is 11.1 Å². The highest BCUT2D eigenvalue weighted by molar-refractivity contribution is 5.73. The van der Waals surface area contributed by atoms with Gasteiger partial charge in [0, 0.05) is 12.5 Å². The van der Waals surface area contributed by atoms with E-state index in [1.54, 1.807) is 31.2 Å². The highest BCUT2D eigenvalue weighted by atomic mass is 19.1. The third kappa shape index (κ3) is 4.58. The predicted octanol–water partition coefficient (Wildman–Crippen LogP) is 3.87. The van der Waals surface area contributed by atoms with Crippen molar-refractivity contribution < 1.29 is 23.4 Å². The number of methoxy groups -OCH3 is 1. The zero-order valence-electron chi connectivity index (χ0n) is 15.8. The van der Waals surface area contributed by atoms with E-state index in [0.29, 0.717) is 22.4 Å². The second kappa shape index (κ2) is 8.52. The molecule has 1 N–H and O–H groups in total. The lowest BCUT2D eigenvalue weighted by Gasteiger charge is -2.15. The van der Waals surface area contributed by atoms with Gasteiger partial charge in [0.2, 0.25) is 11.8 Å². The molecule has 0 saturated heterocycles. The van der Waals surface area contributed by atoms with E-state index in [2.05, 4.69) is 16.3 Å². The Morgan fingerprint density at radius 1 is 1.31 bits per heavy atom. The summed E-state index contributed by atoms with van der Waals surface area (Å²) in [6, 6.07) is 11.6. The molecule has 1 aromatic heterocycles. The Kier molecular flexibility index (Phi) is 5.88. The molecular weight excluding hydrogens is 377 g/mol. The van der Waals surface area contributed by atoms with Crippen molar-refractivity contribution >= 4 is 5.97 Å². The van der Waals surface area contributed by atoms with E-state index in [9.17, 15) is 14.3 Å². The number of ether oxygens (including phenoxy) is 1. The number of nitrogens with zero attached hydrogens (tertiary/aromatic N) is 3. The number of rotatable bonds is 7. The number of carboxylic acids is 1. The van der Waals surface area contributed by atoms with Crippen LogP contribution >= 0.6 is 0 Å². The van der Waals surface area contributed by atoms with E-state index in [0.717, 1.165) is 5.56 Å². The molecule has 1 atom stereocenters. The molecule has 3 rings (SSSR count). The van der Waals surface area contributed by atoms with E-state index >= 15 is 0 Å². The van der Waals surface area contributed by atoms with Gasteiger partial charge in [-0.2, -0.15) is 5.26 Å². The molecular formula is C21H18FN3O4. The monoisotopic (exact) mass is 395 g/mol. The molecule has 2 aromatic carbocycles. The first-order valence-corrected chi connectivity index (χ1v) is 8.77. The van der Waals surface area contributed by atoms with Gasteiger partial charge in [-0.3, -0.25) is 4.79 Å². The quantitative estimate of drug-likeness (QED) is 0.647. The fraction of sp³-hybridized carbons (Fsp3) is 0.238. The Bertz CT molecular complexity index is 1090. The van der Waals surface area contributed by atoms with Crippen LogP contribution in [0.1, 0.15) is 35.2 Å². The maximum Gasteiger partial charge on any atom is 0.304 e. The van der Waals surface area contributed by atoms with Gasteiger partial charge in [0.15, 0.2) is 0 Å². The van der Waals surface area contributed by atoms with Crippen LogP contribution in [0.15, 0.2) is 40.8 Å². The van der Waals surface area contributed by atoms with Gasteiger partial charge in [-0.15, -0.1) is 10.2 Å². The van der Waals surface area contributed by atoms with Crippen molar-refractivity contribution in [1.82, 2.24) is 10.2 Å². The smallest absolute Gasteiger partial charge is 0.304 e. The second-order valence-corrected chi connectivity index (χ2v) is 6.45. The highest BCUT2D eigenvalue weighted by Gasteiger charge is 2.25. The van der Waals surface area contributed by atoms with Gasteiger partial charge < -0.3 is 14.3 Å². The molecule has 29 heavy (non-hydrogen) atoms. The van der Waals surface area contributed by atoms with Gasteiger partial charge in [-0.1, -0.05) is 6.07 Å². The summed E-state index contributed by atoms with van der Waals surface area (Å²) in [6.07, 6.45) is -0.141. The standard InChI is InChI=1S/C21H18FN3O4/c1-12-24-25-21(29-12)18(11-20(26)27)15-8-14(9-16(22)10-15)17-7-13(5-6-23)3-4-19(17)28-2/h3-4,7-10,18H,5,11H2,1-2H3,(H,26,27). The average Bonchev–Trinajstić information content (AvgIpc) is 3.11. The zero-order chi connectivity index (χ0) is 21.0. The molecule has 0 aliphatic carbocycles. The summed E-state index contributed by atoms with van der Waals surface area (Å²) in [7, 11) is 1.50. The van der Waals surface area contributed by atoms with Gasteiger partial charge >= 0.3 is 5.97 Å². The molecule has 1 heterocycles. The van der Waals surface area contributed by atoms with Gasteiger partial charge in [0.25, 0.3) is 0 Å². The van der Waals surface area contributed by atoms with Gasteiger partial charge in [0.1, 0.15) is 11.6 Å². The van der Waals surface area contributed by atoms with Crippen LogP contribution in [0.3, 0.4) is 0 Å². The molecule has 0 bridgehead atoms. The van der Waals surface area contributed by atoms with E-state index in [1.807, 2.05) is 0 Å². The molecule has 0 aliphatic rings. The number of carboxylic acid groups (broad SMARTS) is 1. The Balaban J connectivity index is 2.13.